The van der Waals surface area contributed by atoms with Crippen molar-refractivity contribution in [3.63, 3.8) is 0 Å². The maximum absolute atomic E-state index is 12.7. The van der Waals surface area contributed by atoms with Crippen LogP contribution in [-0.4, -0.2) is 36.2 Å². The molecule has 1 atom stereocenters. The second-order valence-corrected chi connectivity index (χ2v) is 5.41. The van der Waals surface area contributed by atoms with E-state index in [9.17, 15) is 8.78 Å². The van der Waals surface area contributed by atoms with Gasteiger partial charge in [-0.05, 0) is 26.7 Å². The summed E-state index contributed by atoms with van der Waals surface area (Å²) in [5.74, 6) is 0. The van der Waals surface area contributed by atoms with E-state index in [2.05, 4.69) is 11.5 Å². The smallest absolute Gasteiger partial charge is 0.270 e. The van der Waals surface area contributed by atoms with Crippen molar-refractivity contribution in [3.8, 4) is 0 Å². The van der Waals surface area contributed by atoms with Gasteiger partial charge in [0.05, 0.1) is 18.2 Å². The zero-order valence-electron chi connectivity index (χ0n) is 10.4. The fourth-order valence-corrected chi connectivity index (χ4v) is 2.79. The van der Waals surface area contributed by atoms with Gasteiger partial charge in [-0.2, -0.15) is 8.78 Å². The molecule has 2 nitrogen and oxygen atoms in total. The third kappa shape index (κ3) is 2.43. The highest BCUT2D eigenvalue weighted by molar-refractivity contribution is 5.28. The number of fused-ring (bicyclic) bond motifs is 1. The molecule has 2 aliphatic heterocycles. The molecule has 0 aromatic rings. The monoisotopic (exact) mass is 243 g/mol. The fourth-order valence-electron chi connectivity index (χ4n) is 2.79. The predicted molar refractivity (Wildman–Crippen MR) is 63.0 cm³/mol. The normalized spacial score (nSPS) is 29.2. The lowest BCUT2D eigenvalue weighted by atomic mass is 9.92. The summed E-state index contributed by atoms with van der Waals surface area (Å²) in [7, 11) is 0. The molecule has 17 heavy (non-hydrogen) atoms. The number of halogens is 2. The maximum Gasteiger partial charge on any atom is 0.270 e. The molecule has 0 aromatic carbocycles. The quantitative estimate of drug-likeness (QED) is 0.707. The van der Waals surface area contributed by atoms with Crippen LogP contribution in [0.3, 0.4) is 0 Å². The van der Waals surface area contributed by atoms with Crippen LogP contribution >= 0.6 is 0 Å². The number of hydrogen-bond acceptors (Lipinski definition) is 2. The van der Waals surface area contributed by atoms with Crippen LogP contribution in [0.2, 0.25) is 0 Å². The average molecular weight is 243 g/mol. The summed E-state index contributed by atoms with van der Waals surface area (Å²) in [6, 6.07) is 0. The van der Waals surface area contributed by atoms with Crippen LogP contribution in [0.15, 0.2) is 23.8 Å². The SMILES string of the molecule is C=C1CN2CC(=C(F)F)CC2(COC(C)C)C1. The van der Waals surface area contributed by atoms with E-state index >= 15 is 0 Å². The van der Waals surface area contributed by atoms with Gasteiger partial charge in [0.2, 0.25) is 0 Å². The van der Waals surface area contributed by atoms with Gasteiger partial charge in [0, 0.05) is 18.7 Å². The molecule has 0 aliphatic carbocycles. The van der Waals surface area contributed by atoms with E-state index in [0.29, 0.717) is 19.6 Å². The van der Waals surface area contributed by atoms with Crippen molar-refractivity contribution in [3.05, 3.63) is 23.8 Å². The Kier molecular flexibility index (Phi) is 3.36. The van der Waals surface area contributed by atoms with Crippen LogP contribution in [0.1, 0.15) is 26.7 Å². The summed E-state index contributed by atoms with van der Waals surface area (Å²) in [6.07, 6.45) is -0.199. The number of nitrogens with zero attached hydrogens (tertiary/aromatic N) is 1. The minimum Gasteiger partial charge on any atom is -0.377 e. The Hall–Kier alpha value is -0.740. The van der Waals surface area contributed by atoms with Crippen molar-refractivity contribution in [2.75, 3.05) is 19.7 Å². The van der Waals surface area contributed by atoms with Gasteiger partial charge in [0.1, 0.15) is 0 Å². The number of hydrogen-bond donors (Lipinski definition) is 0. The Morgan fingerprint density at radius 2 is 2.12 bits per heavy atom. The van der Waals surface area contributed by atoms with E-state index in [1.165, 1.54) is 0 Å². The van der Waals surface area contributed by atoms with Crippen molar-refractivity contribution < 1.29 is 13.5 Å². The first kappa shape index (κ1) is 12.7. The van der Waals surface area contributed by atoms with Crippen molar-refractivity contribution in [1.82, 2.24) is 4.90 Å². The molecule has 0 spiro atoms. The molecule has 1 unspecified atom stereocenters. The molecular formula is C13H19F2NO. The zero-order valence-corrected chi connectivity index (χ0v) is 10.4. The van der Waals surface area contributed by atoms with Crippen LogP contribution in [0, 0.1) is 0 Å². The van der Waals surface area contributed by atoms with Gasteiger partial charge < -0.3 is 4.74 Å². The minimum absolute atomic E-state index is 0.128. The summed E-state index contributed by atoms with van der Waals surface area (Å²) >= 11 is 0. The predicted octanol–water partition coefficient (Wildman–Crippen LogP) is 2.97. The first-order chi connectivity index (χ1) is 7.93. The first-order valence-corrected chi connectivity index (χ1v) is 5.99. The van der Waals surface area contributed by atoms with E-state index in [4.69, 9.17) is 4.74 Å². The third-order valence-electron chi connectivity index (χ3n) is 3.54. The fraction of sp³-hybridized carbons (Fsp3) is 0.692. The molecule has 96 valence electrons. The molecule has 4 heteroatoms. The van der Waals surface area contributed by atoms with Crippen molar-refractivity contribution in [2.24, 2.45) is 0 Å². The van der Waals surface area contributed by atoms with Gasteiger partial charge in [-0.3, -0.25) is 4.90 Å². The van der Waals surface area contributed by atoms with Crippen molar-refractivity contribution in [1.29, 1.82) is 0 Å². The number of ether oxygens (including phenoxy) is 1. The van der Waals surface area contributed by atoms with Crippen molar-refractivity contribution >= 4 is 0 Å². The molecule has 2 fully saturated rings. The second kappa shape index (κ2) is 4.50. The molecular weight excluding hydrogens is 224 g/mol. The molecule has 2 rings (SSSR count). The highest BCUT2D eigenvalue weighted by Crippen LogP contribution is 2.44. The molecule has 0 saturated carbocycles. The Morgan fingerprint density at radius 3 is 2.71 bits per heavy atom. The molecule has 2 saturated heterocycles. The van der Waals surface area contributed by atoms with Crippen LogP contribution in [-0.2, 0) is 4.74 Å². The topological polar surface area (TPSA) is 12.5 Å². The van der Waals surface area contributed by atoms with Gasteiger partial charge in [0.25, 0.3) is 6.08 Å². The first-order valence-electron chi connectivity index (χ1n) is 5.99. The summed E-state index contributed by atoms with van der Waals surface area (Å²) < 4.78 is 31.1. The molecule has 0 bridgehead atoms. The average Bonchev–Trinajstić information content (AvgIpc) is 2.67. The summed E-state index contributed by atoms with van der Waals surface area (Å²) in [5, 5.41) is 0. The highest BCUT2D eigenvalue weighted by Gasteiger charge is 2.49. The van der Waals surface area contributed by atoms with Gasteiger partial charge in [-0.25, -0.2) is 0 Å². The molecule has 2 aliphatic rings. The highest BCUT2D eigenvalue weighted by atomic mass is 19.3. The van der Waals surface area contributed by atoms with Gasteiger partial charge in [-0.15, -0.1) is 0 Å². The standard InChI is InChI=1S/C13H19F2NO/c1-9(2)17-8-13-4-10(3)6-16(13)7-11(5-13)12(14)15/h9H,3-8H2,1-2H3. The number of rotatable bonds is 3. The van der Waals surface area contributed by atoms with Gasteiger partial charge >= 0.3 is 0 Å². The summed E-state index contributed by atoms with van der Waals surface area (Å²) in [4.78, 5) is 2.09. The van der Waals surface area contributed by atoms with Gasteiger partial charge in [-0.1, -0.05) is 12.2 Å². The van der Waals surface area contributed by atoms with Crippen LogP contribution in [0.5, 0.6) is 0 Å². The van der Waals surface area contributed by atoms with E-state index in [1.807, 2.05) is 13.8 Å². The van der Waals surface area contributed by atoms with E-state index in [0.717, 1.165) is 18.5 Å². The van der Waals surface area contributed by atoms with Gasteiger partial charge in [0.15, 0.2) is 0 Å². The molecule has 0 amide bonds. The van der Waals surface area contributed by atoms with E-state index in [-0.39, 0.29) is 17.2 Å². The largest absolute Gasteiger partial charge is 0.377 e. The third-order valence-corrected chi connectivity index (χ3v) is 3.54. The Bertz CT molecular complexity index is 360. The van der Waals surface area contributed by atoms with Crippen LogP contribution in [0.4, 0.5) is 8.78 Å². The Balaban J connectivity index is 2.16. The Labute approximate surface area is 101 Å². The lowest BCUT2D eigenvalue weighted by Crippen LogP contribution is -2.43. The van der Waals surface area contributed by atoms with Crippen LogP contribution in [0.25, 0.3) is 0 Å². The van der Waals surface area contributed by atoms with E-state index in [1.54, 1.807) is 0 Å². The summed E-state index contributed by atoms with van der Waals surface area (Å²) in [6.45, 7) is 9.51. The second-order valence-electron chi connectivity index (χ2n) is 5.41. The Morgan fingerprint density at radius 1 is 1.41 bits per heavy atom. The zero-order chi connectivity index (χ0) is 12.6. The lowest BCUT2D eigenvalue weighted by molar-refractivity contribution is 0.00343. The molecule has 0 aromatic heterocycles. The molecule has 0 radical (unpaired) electrons. The van der Waals surface area contributed by atoms with E-state index < -0.39 is 6.08 Å². The molecule has 2 heterocycles. The molecule has 0 N–H and O–H groups in total. The minimum atomic E-state index is -1.52. The van der Waals surface area contributed by atoms with Crippen LogP contribution < -0.4 is 0 Å². The van der Waals surface area contributed by atoms with Crippen molar-refractivity contribution in [2.45, 2.75) is 38.3 Å². The maximum atomic E-state index is 12.7. The summed E-state index contributed by atoms with van der Waals surface area (Å²) in [5.41, 5.74) is 1.13. The lowest BCUT2D eigenvalue weighted by Gasteiger charge is -2.31.